The molecule has 1 aliphatic rings. The average Bonchev–Trinajstić information content (AvgIpc) is 3.22. The number of amides is 1. The van der Waals surface area contributed by atoms with Gasteiger partial charge in [0.05, 0.1) is 17.7 Å². The number of hydrogen-bond donors (Lipinski definition) is 1. The molecule has 24 heavy (non-hydrogen) atoms. The van der Waals surface area contributed by atoms with Gasteiger partial charge >= 0.3 is 5.97 Å². The van der Waals surface area contributed by atoms with Crippen LogP contribution in [-0.2, 0) is 11.3 Å². The number of aromatic nitrogens is 2. The van der Waals surface area contributed by atoms with E-state index in [1.807, 2.05) is 37.3 Å². The number of benzene rings is 1. The van der Waals surface area contributed by atoms with Gasteiger partial charge in [0.1, 0.15) is 0 Å². The first-order valence-corrected chi connectivity index (χ1v) is 8.19. The lowest BCUT2D eigenvalue weighted by Crippen LogP contribution is -2.29. The largest absolute Gasteiger partial charge is 0.481 e. The van der Waals surface area contributed by atoms with Gasteiger partial charge in [0.15, 0.2) is 0 Å². The fourth-order valence-electron chi connectivity index (χ4n) is 3.27. The van der Waals surface area contributed by atoms with Gasteiger partial charge in [-0.2, -0.15) is 5.10 Å². The number of carboxylic acid groups (broad SMARTS) is 1. The van der Waals surface area contributed by atoms with Crippen LogP contribution in [0.5, 0.6) is 0 Å². The first kappa shape index (κ1) is 16.2. The summed E-state index contributed by atoms with van der Waals surface area (Å²) in [5.74, 6) is -1.77. The highest BCUT2D eigenvalue weighted by molar-refractivity contribution is 5.94. The smallest absolute Gasteiger partial charge is 0.308 e. The van der Waals surface area contributed by atoms with Gasteiger partial charge in [-0.1, -0.05) is 37.3 Å². The van der Waals surface area contributed by atoms with E-state index in [2.05, 4.69) is 5.10 Å². The maximum Gasteiger partial charge on any atom is 0.308 e. The average molecular weight is 327 g/mol. The van der Waals surface area contributed by atoms with Crippen LogP contribution in [0.1, 0.15) is 35.2 Å². The van der Waals surface area contributed by atoms with Crippen LogP contribution in [0, 0.1) is 5.92 Å². The number of carboxylic acids is 1. The number of aliphatic carboxylic acids is 1. The van der Waals surface area contributed by atoms with E-state index >= 15 is 0 Å². The molecule has 3 rings (SSSR count). The first-order chi connectivity index (χ1) is 11.6. The molecule has 2 aromatic rings. The van der Waals surface area contributed by atoms with Gasteiger partial charge in [-0.05, 0) is 12.0 Å². The van der Waals surface area contributed by atoms with E-state index in [4.69, 9.17) is 0 Å². The summed E-state index contributed by atoms with van der Waals surface area (Å²) in [5.41, 5.74) is 1.48. The van der Waals surface area contributed by atoms with Crippen LogP contribution in [0.25, 0.3) is 0 Å². The molecule has 1 saturated heterocycles. The Morgan fingerprint density at radius 1 is 1.25 bits per heavy atom. The van der Waals surface area contributed by atoms with Crippen molar-refractivity contribution in [2.75, 3.05) is 13.1 Å². The van der Waals surface area contributed by atoms with Crippen LogP contribution >= 0.6 is 0 Å². The Kier molecular flexibility index (Phi) is 4.64. The van der Waals surface area contributed by atoms with Crippen molar-refractivity contribution in [3.63, 3.8) is 0 Å². The van der Waals surface area contributed by atoms with Crippen molar-refractivity contribution >= 4 is 11.9 Å². The van der Waals surface area contributed by atoms with Crippen LogP contribution in [0.2, 0.25) is 0 Å². The van der Waals surface area contributed by atoms with Crippen molar-refractivity contribution < 1.29 is 14.7 Å². The van der Waals surface area contributed by atoms with E-state index in [0.717, 1.165) is 18.5 Å². The SMILES string of the molecule is CCCn1cc(C(=O)N2CC(C(=O)O)C(c3ccccc3)C2)cn1. The number of aryl methyl sites for hydroxylation is 1. The molecule has 126 valence electrons. The molecule has 0 aliphatic carbocycles. The predicted molar refractivity (Wildman–Crippen MR) is 88.7 cm³/mol. The van der Waals surface area contributed by atoms with Gasteiger partial charge in [-0.3, -0.25) is 14.3 Å². The molecule has 2 unspecified atom stereocenters. The lowest BCUT2D eigenvalue weighted by molar-refractivity contribution is -0.141. The third-order valence-electron chi connectivity index (χ3n) is 4.48. The topological polar surface area (TPSA) is 75.4 Å². The first-order valence-electron chi connectivity index (χ1n) is 8.19. The molecule has 6 heteroatoms. The van der Waals surface area contributed by atoms with Crippen LogP contribution in [0.4, 0.5) is 0 Å². The summed E-state index contributed by atoms with van der Waals surface area (Å²) in [6.45, 7) is 3.45. The van der Waals surface area contributed by atoms with Crippen molar-refractivity contribution in [3.05, 3.63) is 53.9 Å². The Bertz CT molecular complexity index is 726. The minimum Gasteiger partial charge on any atom is -0.481 e. The van der Waals surface area contributed by atoms with Crippen molar-refractivity contribution in [2.24, 2.45) is 5.92 Å². The predicted octanol–water partition coefficient (Wildman–Crippen LogP) is 2.23. The number of carbonyl (C=O) groups excluding carboxylic acids is 1. The Hall–Kier alpha value is -2.63. The number of likely N-dealkylation sites (tertiary alicyclic amines) is 1. The van der Waals surface area contributed by atoms with E-state index in [0.29, 0.717) is 12.1 Å². The number of rotatable bonds is 5. The zero-order valence-corrected chi connectivity index (χ0v) is 13.6. The van der Waals surface area contributed by atoms with Crippen LogP contribution < -0.4 is 0 Å². The maximum absolute atomic E-state index is 12.7. The molecular weight excluding hydrogens is 306 g/mol. The lowest BCUT2D eigenvalue weighted by Gasteiger charge is -2.15. The second kappa shape index (κ2) is 6.86. The number of carbonyl (C=O) groups is 2. The van der Waals surface area contributed by atoms with Crippen LogP contribution in [0.3, 0.4) is 0 Å². The fourth-order valence-corrected chi connectivity index (χ4v) is 3.27. The molecule has 1 aliphatic heterocycles. The summed E-state index contributed by atoms with van der Waals surface area (Å²) < 4.78 is 1.74. The Labute approximate surface area is 140 Å². The summed E-state index contributed by atoms with van der Waals surface area (Å²) in [6, 6.07) is 9.54. The van der Waals surface area contributed by atoms with E-state index in [1.54, 1.807) is 22.0 Å². The summed E-state index contributed by atoms with van der Waals surface area (Å²) in [4.78, 5) is 25.9. The van der Waals surface area contributed by atoms with Gasteiger partial charge < -0.3 is 10.0 Å². The van der Waals surface area contributed by atoms with Gasteiger partial charge in [0, 0.05) is 31.7 Å². The standard InChI is InChI=1S/C18H21N3O3/c1-2-8-21-10-14(9-19-21)17(22)20-11-15(16(12-20)18(23)24)13-6-4-3-5-7-13/h3-7,9-10,15-16H,2,8,11-12H2,1H3,(H,23,24). The summed E-state index contributed by atoms with van der Waals surface area (Å²) in [7, 11) is 0. The molecule has 1 aromatic heterocycles. The minimum atomic E-state index is -0.860. The molecule has 2 heterocycles. The van der Waals surface area contributed by atoms with Crippen molar-refractivity contribution in [1.82, 2.24) is 14.7 Å². The Morgan fingerprint density at radius 2 is 2.00 bits per heavy atom. The van der Waals surface area contributed by atoms with Gasteiger partial charge in [-0.25, -0.2) is 0 Å². The fraction of sp³-hybridized carbons (Fsp3) is 0.389. The van der Waals surface area contributed by atoms with E-state index < -0.39 is 11.9 Å². The zero-order chi connectivity index (χ0) is 17.1. The normalized spacial score (nSPS) is 20.3. The van der Waals surface area contributed by atoms with Crippen molar-refractivity contribution in [2.45, 2.75) is 25.8 Å². The second-order valence-corrected chi connectivity index (χ2v) is 6.16. The van der Waals surface area contributed by atoms with E-state index in [-0.39, 0.29) is 18.4 Å². The molecule has 1 amide bonds. The molecule has 2 atom stereocenters. The zero-order valence-electron chi connectivity index (χ0n) is 13.6. The van der Waals surface area contributed by atoms with Crippen molar-refractivity contribution in [1.29, 1.82) is 0 Å². The molecular formula is C18H21N3O3. The van der Waals surface area contributed by atoms with Crippen LogP contribution in [-0.4, -0.2) is 44.8 Å². The van der Waals surface area contributed by atoms with Gasteiger partial charge in [-0.15, -0.1) is 0 Å². The third kappa shape index (κ3) is 3.18. The molecule has 1 aromatic carbocycles. The summed E-state index contributed by atoms with van der Waals surface area (Å²) in [6.07, 6.45) is 4.23. The number of hydrogen-bond acceptors (Lipinski definition) is 3. The highest BCUT2D eigenvalue weighted by atomic mass is 16.4. The molecule has 6 nitrogen and oxygen atoms in total. The van der Waals surface area contributed by atoms with Gasteiger partial charge in [0.2, 0.25) is 0 Å². The Morgan fingerprint density at radius 3 is 2.67 bits per heavy atom. The van der Waals surface area contributed by atoms with Crippen molar-refractivity contribution in [3.8, 4) is 0 Å². The second-order valence-electron chi connectivity index (χ2n) is 6.16. The summed E-state index contributed by atoms with van der Waals surface area (Å²) >= 11 is 0. The van der Waals surface area contributed by atoms with Crippen LogP contribution in [0.15, 0.2) is 42.7 Å². The molecule has 1 fully saturated rings. The third-order valence-corrected chi connectivity index (χ3v) is 4.48. The quantitative estimate of drug-likeness (QED) is 0.914. The van der Waals surface area contributed by atoms with E-state index in [1.165, 1.54) is 0 Å². The Balaban J connectivity index is 1.79. The molecule has 0 spiro atoms. The molecule has 0 saturated carbocycles. The number of nitrogens with zero attached hydrogens (tertiary/aromatic N) is 3. The lowest BCUT2D eigenvalue weighted by atomic mass is 9.89. The monoisotopic (exact) mass is 327 g/mol. The molecule has 0 bridgehead atoms. The molecule has 0 radical (unpaired) electrons. The molecule has 1 N–H and O–H groups in total. The summed E-state index contributed by atoms with van der Waals surface area (Å²) in [5, 5.41) is 13.7. The van der Waals surface area contributed by atoms with E-state index in [9.17, 15) is 14.7 Å². The van der Waals surface area contributed by atoms with Gasteiger partial charge in [0.25, 0.3) is 5.91 Å². The maximum atomic E-state index is 12.7. The minimum absolute atomic E-state index is 0.151. The highest BCUT2D eigenvalue weighted by Gasteiger charge is 2.40. The highest BCUT2D eigenvalue weighted by Crippen LogP contribution is 2.33.